The highest BCUT2D eigenvalue weighted by Crippen LogP contribution is 2.27. The molecular formula is C19H25N3O. The summed E-state index contributed by atoms with van der Waals surface area (Å²) in [5.41, 5.74) is 3.31. The van der Waals surface area contributed by atoms with E-state index in [0.29, 0.717) is 0 Å². The molecule has 0 saturated heterocycles. The molecule has 0 saturated carbocycles. The van der Waals surface area contributed by atoms with Crippen molar-refractivity contribution in [1.82, 2.24) is 9.97 Å². The maximum atomic E-state index is 13.1. The van der Waals surface area contributed by atoms with E-state index in [0.717, 1.165) is 61.5 Å². The fraction of sp³-hybridized carbons (Fsp3) is 0.474. The lowest BCUT2D eigenvalue weighted by Gasteiger charge is -2.29. The third kappa shape index (κ3) is 3.46. The zero-order chi connectivity index (χ0) is 16.2. The van der Waals surface area contributed by atoms with Crippen LogP contribution in [0.5, 0.6) is 0 Å². The number of hydrogen-bond donors (Lipinski definition) is 1. The van der Waals surface area contributed by atoms with Gasteiger partial charge < -0.3 is 9.88 Å². The summed E-state index contributed by atoms with van der Waals surface area (Å²) in [5.74, 6) is 1.26. The van der Waals surface area contributed by atoms with Crippen LogP contribution in [0.25, 0.3) is 0 Å². The number of hydrogen-bond acceptors (Lipinski definition) is 2. The van der Waals surface area contributed by atoms with Gasteiger partial charge in [0, 0.05) is 30.3 Å². The van der Waals surface area contributed by atoms with E-state index in [1.165, 1.54) is 0 Å². The Morgan fingerprint density at radius 1 is 1.35 bits per heavy atom. The Hall–Kier alpha value is -2.10. The number of fused-ring (bicyclic) bond motifs is 1. The molecule has 0 bridgehead atoms. The Labute approximate surface area is 137 Å². The quantitative estimate of drug-likeness (QED) is 0.916. The molecule has 1 aromatic heterocycles. The van der Waals surface area contributed by atoms with Gasteiger partial charge in [0.25, 0.3) is 0 Å². The smallest absolute Gasteiger partial charge is 0.230 e. The van der Waals surface area contributed by atoms with Crippen LogP contribution >= 0.6 is 0 Å². The predicted octanol–water partition coefficient (Wildman–Crippen LogP) is 3.66. The molecule has 0 spiro atoms. The Morgan fingerprint density at radius 3 is 2.87 bits per heavy atom. The highest BCUT2D eigenvalue weighted by molar-refractivity contribution is 5.95. The largest absolute Gasteiger partial charge is 0.346 e. The molecule has 4 nitrogen and oxygen atoms in total. The Balaban J connectivity index is 1.78. The number of H-pyrrole nitrogens is 1. The van der Waals surface area contributed by atoms with Crippen molar-refractivity contribution in [3.05, 3.63) is 47.5 Å². The number of rotatable bonds is 5. The molecule has 1 aliphatic carbocycles. The maximum absolute atomic E-state index is 13.1. The Kier molecular flexibility index (Phi) is 4.79. The van der Waals surface area contributed by atoms with Gasteiger partial charge in [0.1, 0.15) is 5.82 Å². The molecule has 0 radical (unpaired) electrons. The van der Waals surface area contributed by atoms with Gasteiger partial charge in [0.15, 0.2) is 0 Å². The van der Waals surface area contributed by atoms with E-state index < -0.39 is 0 Å². The third-order valence-electron chi connectivity index (χ3n) is 4.58. The molecule has 1 heterocycles. The lowest BCUT2D eigenvalue weighted by atomic mass is 9.88. The van der Waals surface area contributed by atoms with E-state index in [1.807, 2.05) is 42.2 Å². The number of anilines is 1. The summed E-state index contributed by atoms with van der Waals surface area (Å²) in [6, 6.07) is 10.0. The molecule has 23 heavy (non-hydrogen) atoms. The van der Waals surface area contributed by atoms with Crippen molar-refractivity contribution in [2.75, 3.05) is 11.4 Å². The van der Waals surface area contributed by atoms with Crippen molar-refractivity contribution in [2.45, 2.75) is 46.0 Å². The van der Waals surface area contributed by atoms with Crippen molar-refractivity contribution in [3.63, 3.8) is 0 Å². The molecule has 3 rings (SSSR count). The number of carbonyl (C=O) groups excluding carboxylic acids is 1. The Morgan fingerprint density at radius 2 is 2.13 bits per heavy atom. The van der Waals surface area contributed by atoms with E-state index in [9.17, 15) is 4.79 Å². The van der Waals surface area contributed by atoms with Gasteiger partial charge >= 0.3 is 0 Å². The monoisotopic (exact) mass is 311 g/mol. The summed E-state index contributed by atoms with van der Waals surface area (Å²) in [7, 11) is 0. The summed E-state index contributed by atoms with van der Waals surface area (Å²) in [6.07, 6.45) is 4.69. The average molecular weight is 311 g/mol. The second kappa shape index (κ2) is 6.99. The Bertz CT molecular complexity index is 663. The van der Waals surface area contributed by atoms with E-state index in [4.69, 9.17) is 0 Å². The SMILES string of the molecule is CCCCN(C(=O)C1CCc2nc(C)[nH]c2C1)c1ccccc1. The van der Waals surface area contributed by atoms with Crippen LogP contribution in [0.2, 0.25) is 0 Å². The summed E-state index contributed by atoms with van der Waals surface area (Å²) in [5, 5.41) is 0. The molecule has 1 amide bonds. The molecule has 1 N–H and O–H groups in total. The fourth-order valence-corrected chi connectivity index (χ4v) is 3.35. The second-order valence-electron chi connectivity index (χ2n) is 6.37. The minimum absolute atomic E-state index is 0.0550. The summed E-state index contributed by atoms with van der Waals surface area (Å²) < 4.78 is 0. The van der Waals surface area contributed by atoms with Gasteiger partial charge in [-0.1, -0.05) is 31.5 Å². The van der Waals surface area contributed by atoms with Crippen LogP contribution in [0.4, 0.5) is 5.69 Å². The van der Waals surface area contributed by atoms with Crippen molar-refractivity contribution < 1.29 is 4.79 Å². The summed E-state index contributed by atoms with van der Waals surface area (Å²) in [4.78, 5) is 22.9. The molecule has 1 aromatic carbocycles. The summed E-state index contributed by atoms with van der Waals surface area (Å²) >= 11 is 0. The number of nitrogens with zero attached hydrogens (tertiary/aromatic N) is 2. The number of benzene rings is 1. The zero-order valence-electron chi connectivity index (χ0n) is 14.0. The van der Waals surface area contributed by atoms with Crippen molar-refractivity contribution >= 4 is 11.6 Å². The highest BCUT2D eigenvalue weighted by atomic mass is 16.2. The first-order valence-corrected chi connectivity index (χ1v) is 8.59. The summed E-state index contributed by atoms with van der Waals surface area (Å²) in [6.45, 7) is 4.94. The molecule has 1 aliphatic rings. The topological polar surface area (TPSA) is 49.0 Å². The molecule has 122 valence electrons. The molecule has 0 aliphatic heterocycles. The van der Waals surface area contributed by atoms with E-state index >= 15 is 0 Å². The van der Waals surface area contributed by atoms with Crippen LogP contribution in [0, 0.1) is 12.8 Å². The normalized spacial score (nSPS) is 16.9. The van der Waals surface area contributed by atoms with Gasteiger partial charge in [-0.05, 0) is 38.3 Å². The zero-order valence-corrected chi connectivity index (χ0v) is 14.0. The number of aromatic amines is 1. The van der Waals surface area contributed by atoms with E-state index in [-0.39, 0.29) is 11.8 Å². The molecule has 4 heteroatoms. The lowest BCUT2D eigenvalue weighted by Crippen LogP contribution is -2.39. The van der Waals surface area contributed by atoms with Crippen molar-refractivity contribution in [1.29, 1.82) is 0 Å². The number of imidazole rings is 1. The first kappa shape index (κ1) is 15.8. The van der Waals surface area contributed by atoms with E-state index in [1.54, 1.807) is 0 Å². The van der Waals surface area contributed by atoms with Gasteiger partial charge in [-0.3, -0.25) is 4.79 Å². The lowest BCUT2D eigenvalue weighted by molar-refractivity contribution is -0.122. The number of amides is 1. The van der Waals surface area contributed by atoms with Crippen LogP contribution in [-0.2, 0) is 17.6 Å². The number of nitrogens with one attached hydrogen (secondary N) is 1. The molecule has 1 unspecified atom stereocenters. The van der Waals surface area contributed by atoms with Gasteiger partial charge in [-0.25, -0.2) is 4.98 Å². The van der Waals surface area contributed by atoms with Crippen molar-refractivity contribution in [2.24, 2.45) is 5.92 Å². The first-order chi connectivity index (χ1) is 11.2. The number of para-hydroxylation sites is 1. The third-order valence-corrected chi connectivity index (χ3v) is 4.58. The average Bonchev–Trinajstić information content (AvgIpc) is 2.95. The van der Waals surface area contributed by atoms with Gasteiger partial charge in [-0.2, -0.15) is 0 Å². The fourth-order valence-electron chi connectivity index (χ4n) is 3.35. The van der Waals surface area contributed by atoms with Crippen LogP contribution in [0.15, 0.2) is 30.3 Å². The van der Waals surface area contributed by atoms with Crippen molar-refractivity contribution in [3.8, 4) is 0 Å². The predicted molar refractivity (Wildman–Crippen MR) is 92.5 cm³/mol. The molecule has 2 aromatic rings. The van der Waals surface area contributed by atoms with E-state index in [2.05, 4.69) is 16.9 Å². The number of carbonyl (C=O) groups is 1. The van der Waals surface area contributed by atoms with Crippen LogP contribution < -0.4 is 4.90 Å². The minimum atomic E-state index is 0.0550. The molecule has 0 fully saturated rings. The highest BCUT2D eigenvalue weighted by Gasteiger charge is 2.30. The van der Waals surface area contributed by atoms with Crippen LogP contribution in [0.3, 0.4) is 0 Å². The standard InChI is InChI=1S/C19H25N3O/c1-3-4-12-22(16-8-6-5-7-9-16)19(23)15-10-11-17-18(13-15)21-14(2)20-17/h5-9,15H,3-4,10-13H2,1-2H3,(H,20,21). The first-order valence-electron chi connectivity index (χ1n) is 8.59. The molecule has 1 atom stereocenters. The van der Waals surface area contributed by atoms with Gasteiger partial charge in [0.05, 0.1) is 5.69 Å². The van der Waals surface area contributed by atoms with Gasteiger partial charge in [-0.15, -0.1) is 0 Å². The number of aryl methyl sites for hydroxylation is 2. The number of aromatic nitrogens is 2. The van der Waals surface area contributed by atoms with Crippen LogP contribution in [-0.4, -0.2) is 22.4 Å². The second-order valence-corrected chi connectivity index (χ2v) is 6.37. The van der Waals surface area contributed by atoms with Gasteiger partial charge in [0.2, 0.25) is 5.91 Å². The minimum Gasteiger partial charge on any atom is -0.346 e. The number of unbranched alkanes of at least 4 members (excludes halogenated alkanes) is 1. The van der Waals surface area contributed by atoms with Crippen LogP contribution in [0.1, 0.15) is 43.4 Å². The maximum Gasteiger partial charge on any atom is 0.230 e. The molecular weight excluding hydrogens is 286 g/mol.